The van der Waals surface area contributed by atoms with Crippen LogP contribution in [0.3, 0.4) is 0 Å². The summed E-state index contributed by atoms with van der Waals surface area (Å²) in [5.74, 6) is 0. The van der Waals surface area contributed by atoms with E-state index in [0.29, 0.717) is 39.6 Å². The third-order valence-corrected chi connectivity index (χ3v) is 12.3. The Balaban J connectivity index is 4.04. The van der Waals surface area contributed by atoms with Gasteiger partial charge in [0.1, 0.15) is 0 Å². The predicted molar refractivity (Wildman–Crippen MR) is 104 cm³/mol. The third kappa shape index (κ3) is 9.08. The van der Waals surface area contributed by atoms with Crippen molar-refractivity contribution in [2.45, 2.75) is 72.1 Å². The molecule has 24 heavy (non-hydrogen) atoms. The molecule has 0 amide bonds. The highest BCUT2D eigenvalue weighted by Crippen LogP contribution is 2.21. The van der Waals surface area contributed by atoms with E-state index in [1.807, 2.05) is 20.8 Å². The molecular weight excluding hydrogens is 340 g/mol. The molecular formula is C17H40O5Si2. The van der Waals surface area contributed by atoms with Gasteiger partial charge in [0.25, 0.3) is 0 Å². The molecule has 0 saturated heterocycles. The average Bonchev–Trinajstić information content (AvgIpc) is 2.59. The zero-order valence-electron chi connectivity index (χ0n) is 16.8. The van der Waals surface area contributed by atoms with Crippen LogP contribution in [0.5, 0.6) is 0 Å². The van der Waals surface area contributed by atoms with Gasteiger partial charge in [-0.15, -0.1) is 0 Å². The van der Waals surface area contributed by atoms with Crippen molar-refractivity contribution < 1.29 is 22.4 Å². The van der Waals surface area contributed by atoms with Crippen LogP contribution >= 0.6 is 0 Å². The molecule has 146 valence electrons. The molecule has 0 rings (SSSR count). The van der Waals surface area contributed by atoms with Crippen LogP contribution < -0.4 is 0 Å². The molecule has 0 aromatic rings. The van der Waals surface area contributed by atoms with Gasteiger partial charge in [0.05, 0.1) is 13.2 Å². The molecule has 5 nitrogen and oxygen atoms in total. The Bertz CT molecular complexity index is 263. The lowest BCUT2D eigenvalue weighted by Crippen LogP contribution is -2.46. The Hall–Kier alpha value is 0.234. The van der Waals surface area contributed by atoms with Crippen LogP contribution in [-0.4, -0.2) is 56.8 Å². The Labute approximate surface area is 151 Å². The summed E-state index contributed by atoms with van der Waals surface area (Å²) in [6.07, 6.45) is 0.893. The van der Waals surface area contributed by atoms with Crippen molar-refractivity contribution in [2.75, 3.05) is 39.6 Å². The van der Waals surface area contributed by atoms with E-state index in [2.05, 4.69) is 20.8 Å². The van der Waals surface area contributed by atoms with E-state index in [1.165, 1.54) is 18.1 Å². The monoisotopic (exact) mass is 380 g/mol. The minimum Gasteiger partial charge on any atom is -0.414 e. The minimum atomic E-state index is -2.52. The van der Waals surface area contributed by atoms with Crippen molar-refractivity contribution in [2.24, 2.45) is 0 Å². The molecule has 7 heteroatoms. The molecule has 0 fully saturated rings. The number of rotatable bonds is 17. The summed E-state index contributed by atoms with van der Waals surface area (Å²) >= 11 is 0. The summed E-state index contributed by atoms with van der Waals surface area (Å²) in [6.45, 7) is 16.7. The van der Waals surface area contributed by atoms with Crippen molar-refractivity contribution in [1.29, 1.82) is 0 Å². The summed E-state index contributed by atoms with van der Waals surface area (Å²) in [5.41, 5.74) is 0. The first-order valence-corrected chi connectivity index (χ1v) is 14.2. The Kier molecular flexibility index (Phi) is 14.5. The number of ether oxygens (including phenoxy) is 1. The lowest BCUT2D eigenvalue weighted by atomic mass is 10.5. The molecule has 0 radical (unpaired) electrons. The molecule has 0 unspecified atom stereocenters. The Morgan fingerprint density at radius 2 is 1.08 bits per heavy atom. The highest BCUT2D eigenvalue weighted by Gasteiger charge is 2.39. The molecule has 0 aromatic heterocycles. The molecule has 0 atom stereocenters. The fourth-order valence-corrected chi connectivity index (χ4v) is 8.08. The SMILES string of the molecule is CCO[Si](CCCOCCO[Si](CC)(CC)CC)(OCC)OCC. The fraction of sp³-hybridized carbons (Fsp3) is 1.00. The van der Waals surface area contributed by atoms with E-state index in [1.54, 1.807) is 0 Å². The third-order valence-electron chi connectivity index (χ3n) is 4.43. The number of hydrogen-bond donors (Lipinski definition) is 0. The summed E-state index contributed by atoms with van der Waals surface area (Å²) in [7, 11) is -4.00. The van der Waals surface area contributed by atoms with Crippen molar-refractivity contribution in [3.63, 3.8) is 0 Å². The van der Waals surface area contributed by atoms with Crippen molar-refractivity contribution in [1.82, 2.24) is 0 Å². The van der Waals surface area contributed by atoms with Gasteiger partial charge in [-0.05, 0) is 45.3 Å². The molecule has 0 heterocycles. The summed E-state index contributed by atoms with van der Waals surface area (Å²) in [6, 6.07) is 4.36. The zero-order chi connectivity index (χ0) is 18.3. The van der Waals surface area contributed by atoms with Gasteiger partial charge in [0, 0.05) is 32.5 Å². The van der Waals surface area contributed by atoms with Gasteiger partial charge in [-0.3, -0.25) is 0 Å². The molecule has 0 aromatic carbocycles. The van der Waals surface area contributed by atoms with E-state index < -0.39 is 17.1 Å². The summed E-state index contributed by atoms with van der Waals surface area (Å²) < 4.78 is 29.5. The first kappa shape index (κ1) is 24.2. The predicted octanol–water partition coefficient (Wildman–Crippen LogP) is 4.46. The molecule has 0 spiro atoms. The maximum Gasteiger partial charge on any atom is 0.501 e. The smallest absolute Gasteiger partial charge is 0.414 e. The lowest BCUT2D eigenvalue weighted by Gasteiger charge is -2.28. The summed E-state index contributed by atoms with van der Waals surface area (Å²) in [4.78, 5) is 0. The normalized spacial score (nSPS) is 12.8. The van der Waals surface area contributed by atoms with Crippen molar-refractivity contribution in [3.05, 3.63) is 0 Å². The van der Waals surface area contributed by atoms with Gasteiger partial charge in [-0.1, -0.05) is 20.8 Å². The molecule has 0 saturated carbocycles. The Morgan fingerprint density at radius 1 is 0.583 bits per heavy atom. The van der Waals surface area contributed by atoms with Crippen LogP contribution in [0.4, 0.5) is 0 Å². The summed E-state index contributed by atoms with van der Waals surface area (Å²) in [5, 5.41) is 0. The molecule has 0 aliphatic heterocycles. The van der Waals surface area contributed by atoms with Gasteiger partial charge in [0.15, 0.2) is 8.32 Å². The van der Waals surface area contributed by atoms with E-state index in [0.717, 1.165) is 12.5 Å². The van der Waals surface area contributed by atoms with Gasteiger partial charge in [0.2, 0.25) is 0 Å². The molecule has 0 aliphatic carbocycles. The van der Waals surface area contributed by atoms with Crippen LogP contribution in [0.25, 0.3) is 0 Å². The zero-order valence-corrected chi connectivity index (χ0v) is 18.8. The van der Waals surface area contributed by atoms with E-state index in [4.69, 9.17) is 22.4 Å². The average molecular weight is 381 g/mol. The number of hydrogen-bond acceptors (Lipinski definition) is 5. The topological polar surface area (TPSA) is 46.2 Å². The Morgan fingerprint density at radius 3 is 1.50 bits per heavy atom. The van der Waals surface area contributed by atoms with Crippen LogP contribution in [0, 0.1) is 0 Å². The molecule has 0 bridgehead atoms. The van der Waals surface area contributed by atoms with Crippen LogP contribution in [0.1, 0.15) is 48.0 Å². The van der Waals surface area contributed by atoms with Crippen molar-refractivity contribution >= 4 is 17.1 Å². The first-order chi connectivity index (χ1) is 11.6. The van der Waals surface area contributed by atoms with Gasteiger partial charge < -0.3 is 22.4 Å². The molecule has 0 N–H and O–H groups in total. The van der Waals surface area contributed by atoms with Crippen LogP contribution in [0.2, 0.25) is 24.2 Å². The second kappa shape index (κ2) is 14.4. The maximum absolute atomic E-state index is 6.19. The second-order valence-corrected chi connectivity index (χ2v) is 13.3. The fourth-order valence-electron chi connectivity index (χ4n) is 2.87. The quantitative estimate of drug-likeness (QED) is 0.275. The van der Waals surface area contributed by atoms with Gasteiger partial charge >= 0.3 is 8.80 Å². The van der Waals surface area contributed by atoms with E-state index >= 15 is 0 Å². The maximum atomic E-state index is 6.19. The van der Waals surface area contributed by atoms with Gasteiger partial charge in [-0.25, -0.2) is 0 Å². The lowest BCUT2D eigenvalue weighted by molar-refractivity contribution is 0.0627. The second-order valence-electron chi connectivity index (χ2n) is 5.79. The molecule has 0 aliphatic rings. The van der Waals surface area contributed by atoms with Gasteiger partial charge in [-0.2, -0.15) is 0 Å². The van der Waals surface area contributed by atoms with Crippen LogP contribution in [-0.2, 0) is 22.4 Å². The highest BCUT2D eigenvalue weighted by molar-refractivity contribution is 6.73. The van der Waals surface area contributed by atoms with Crippen molar-refractivity contribution in [3.8, 4) is 0 Å². The minimum absolute atomic E-state index is 0.624. The highest BCUT2D eigenvalue weighted by atomic mass is 28.4. The van der Waals surface area contributed by atoms with E-state index in [-0.39, 0.29) is 0 Å². The standard InChI is InChI=1S/C17H40O5Si2/c1-7-19-24(20-8-2,21-9-3)17-13-14-18-15-16-22-23(10-4,11-5)12-6/h7-17H2,1-6H3. The van der Waals surface area contributed by atoms with Crippen LogP contribution in [0.15, 0.2) is 0 Å². The largest absolute Gasteiger partial charge is 0.501 e. The van der Waals surface area contributed by atoms with E-state index in [9.17, 15) is 0 Å². The first-order valence-electron chi connectivity index (χ1n) is 9.71.